The van der Waals surface area contributed by atoms with Crippen molar-refractivity contribution in [1.29, 1.82) is 0 Å². The van der Waals surface area contributed by atoms with Crippen LogP contribution in [-0.4, -0.2) is 22.5 Å². The van der Waals surface area contributed by atoms with Gasteiger partial charge in [-0.25, -0.2) is 4.98 Å². The third-order valence-corrected chi connectivity index (χ3v) is 5.61. The molecule has 2 aromatic heterocycles. The lowest BCUT2D eigenvalue weighted by Gasteiger charge is -2.23. The lowest BCUT2D eigenvalue weighted by Crippen LogP contribution is -2.29. The molecule has 3 heterocycles. The van der Waals surface area contributed by atoms with Crippen molar-refractivity contribution in [3.8, 4) is 10.8 Å². The van der Waals surface area contributed by atoms with Crippen molar-refractivity contribution in [2.45, 2.75) is 38.3 Å². The molecule has 4 rings (SSSR count). The van der Waals surface area contributed by atoms with Gasteiger partial charge in [-0.1, -0.05) is 36.4 Å². The number of rotatable bonds is 6. The molecule has 1 aliphatic rings. The van der Waals surface area contributed by atoms with Crippen molar-refractivity contribution in [1.82, 2.24) is 9.88 Å². The van der Waals surface area contributed by atoms with E-state index >= 15 is 0 Å². The maximum atomic E-state index is 5.66. The zero-order valence-electron chi connectivity index (χ0n) is 13.7. The highest BCUT2D eigenvalue weighted by Crippen LogP contribution is 2.27. The van der Waals surface area contributed by atoms with Crippen molar-refractivity contribution in [2.75, 3.05) is 6.54 Å². The van der Waals surface area contributed by atoms with Crippen LogP contribution < -0.4 is 0 Å². The molecule has 24 heavy (non-hydrogen) atoms. The fraction of sp³-hybridized carbons (Fsp3) is 0.350. The predicted octanol–water partition coefficient (Wildman–Crippen LogP) is 5.00. The summed E-state index contributed by atoms with van der Waals surface area (Å²) in [5.74, 6) is 0.750. The number of nitrogens with zero attached hydrogens (tertiary/aromatic N) is 2. The van der Waals surface area contributed by atoms with Gasteiger partial charge < -0.3 is 4.42 Å². The fourth-order valence-corrected chi connectivity index (χ4v) is 4.16. The zero-order valence-corrected chi connectivity index (χ0v) is 14.5. The van der Waals surface area contributed by atoms with E-state index in [2.05, 4.69) is 51.7 Å². The lowest BCUT2D eigenvalue weighted by molar-refractivity contribution is 0.232. The van der Waals surface area contributed by atoms with E-state index in [4.69, 9.17) is 4.42 Å². The summed E-state index contributed by atoms with van der Waals surface area (Å²) in [6.45, 7) is 2.06. The van der Waals surface area contributed by atoms with Gasteiger partial charge >= 0.3 is 0 Å². The largest absolute Gasteiger partial charge is 0.444 e. The van der Waals surface area contributed by atoms with E-state index in [0.717, 1.165) is 29.4 Å². The molecular formula is C20H22N2OS. The third kappa shape index (κ3) is 3.60. The first-order chi connectivity index (χ1) is 11.9. The number of aryl methyl sites for hydroxylation is 1. The van der Waals surface area contributed by atoms with E-state index < -0.39 is 0 Å². The second-order valence-electron chi connectivity index (χ2n) is 6.41. The van der Waals surface area contributed by atoms with E-state index in [9.17, 15) is 0 Å². The van der Waals surface area contributed by atoms with Crippen molar-refractivity contribution in [3.05, 3.63) is 65.4 Å². The summed E-state index contributed by atoms with van der Waals surface area (Å²) in [6.07, 6.45) is 6.78. The Hall–Kier alpha value is -1.91. The van der Waals surface area contributed by atoms with E-state index in [1.165, 1.54) is 31.4 Å². The molecule has 1 aliphatic heterocycles. The number of aromatic nitrogens is 1. The Morgan fingerprint density at radius 2 is 2.08 bits per heavy atom. The summed E-state index contributed by atoms with van der Waals surface area (Å²) in [5, 5.41) is 2.05. The highest BCUT2D eigenvalue weighted by molar-refractivity contribution is 7.13. The van der Waals surface area contributed by atoms with Crippen LogP contribution in [0.3, 0.4) is 0 Å². The Morgan fingerprint density at radius 3 is 2.92 bits per heavy atom. The number of oxazole rings is 1. The average molecular weight is 338 g/mol. The molecule has 3 aromatic rings. The number of thiophene rings is 1. The molecule has 4 heteroatoms. The number of hydrogen-bond acceptors (Lipinski definition) is 4. The Kier molecular flexibility index (Phi) is 4.76. The second kappa shape index (κ2) is 7.32. The average Bonchev–Trinajstić information content (AvgIpc) is 3.36. The summed E-state index contributed by atoms with van der Waals surface area (Å²) in [5.41, 5.74) is 2.48. The first kappa shape index (κ1) is 15.6. The minimum Gasteiger partial charge on any atom is -0.444 e. The second-order valence-corrected chi connectivity index (χ2v) is 7.36. The standard InChI is InChI=1S/C20H22N2OS/c1-2-6-16(7-3-1)10-11-18-8-4-12-22(18)14-17-15-23-20(21-17)19-9-5-13-24-19/h1-3,5-7,9,13,15,18H,4,8,10-12,14H2/t18-/m1/s1. The molecule has 0 N–H and O–H groups in total. The highest BCUT2D eigenvalue weighted by Gasteiger charge is 2.25. The van der Waals surface area contributed by atoms with Gasteiger partial charge in [-0.15, -0.1) is 11.3 Å². The van der Waals surface area contributed by atoms with Gasteiger partial charge in [-0.05, 0) is 49.2 Å². The van der Waals surface area contributed by atoms with Crippen LogP contribution in [0.5, 0.6) is 0 Å². The Morgan fingerprint density at radius 1 is 1.17 bits per heavy atom. The normalized spacial score (nSPS) is 18.2. The van der Waals surface area contributed by atoms with Gasteiger partial charge in [-0.3, -0.25) is 4.90 Å². The number of hydrogen-bond donors (Lipinski definition) is 0. The van der Waals surface area contributed by atoms with Crippen molar-refractivity contribution in [3.63, 3.8) is 0 Å². The van der Waals surface area contributed by atoms with Crippen LogP contribution in [0.4, 0.5) is 0 Å². The Bertz CT molecular complexity index is 751. The SMILES string of the molecule is c1ccc(CC[C@H]2CCCN2Cc2coc(-c3cccs3)n2)cc1. The zero-order chi connectivity index (χ0) is 16.2. The minimum atomic E-state index is 0.659. The molecule has 124 valence electrons. The molecule has 0 amide bonds. The van der Waals surface area contributed by atoms with Gasteiger partial charge in [0.1, 0.15) is 6.26 Å². The molecule has 1 aromatic carbocycles. The Labute approximate surface area is 147 Å². The van der Waals surface area contributed by atoms with Gasteiger partial charge in [0, 0.05) is 12.6 Å². The van der Waals surface area contributed by atoms with Crippen molar-refractivity contribution < 1.29 is 4.42 Å². The molecular weight excluding hydrogens is 316 g/mol. The maximum Gasteiger partial charge on any atom is 0.236 e. The first-order valence-electron chi connectivity index (χ1n) is 8.65. The van der Waals surface area contributed by atoms with Crippen LogP contribution >= 0.6 is 11.3 Å². The maximum absolute atomic E-state index is 5.66. The summed E-state index contributed by atoms with van der Waals surface area (Å²) in [7, 11) is 0. The third-order valence-electron chi connectivity index (χ3n) is 4.76. The molecule has 1 fully saturated rings. The van der Waals surface area contributed by atoms with Gasteiger partial charge in [0.05, 0.1) is 10.6 Å². The molecule has 0 spiro atoms. The molecule has 1 saturated heterocycles. The van der Waals surface area contributed by atoms with Crippen LogP contribution in [0.2, 0.25) is 0 Å². The van der Waals surface area contributed by atoms with Crippen LogP contribution in [0.1, 0.15) is 30.5 Å². The van der Waals surface area contributed by atoms with E-state index in [1.54, 1.807) is 11.3 Å². The predicted molar refractivity (Wildman–Crippen MR) is 98.0 cm³/mol. The highest BCUT2D eigenvalue weighted by atomic mass is 32.1. The van der Waals surface area contributed by atoms with Crippen LogP contribution in [0, 0.1) is 0 Å². The fourth-order valence-electron chi connectivity index (χ4n) is 3.51. The molecule has 0 bridgehead atoms. The topological polar surface area (TPSA) is 29.3 Å². The van der Waals surface area contributed by atoms with Gasteiger partial charge in [-0.2, -0.15) is 0 Å². The van der Waals surface area contributed by atoms with Crippen LogP contribution in [0.25, 0.3) is 10.8 Å². The van der Waals surface area contributed by atoms with E-state index in [1.807, 2.05) is 12.3 Å². The number of benzene rings is 1. The summed E-state index contributed by atoms with van der Waals surface area (Å²) >= 11 is 1.67. The van der Waals surface area contributed by atoms with Crippen molar-refractivity contribution in [2.24, 2.45) is 0 Å². The van der Waals surface area contributed by atoms with E-state index in [-0.39, 0.29) is 0 Å². The molecule has 0 saturated carbocycles. The number of likely N-dealkylation sites (tertiary alicyclic amines) is 1. The van der Waals surface area contributed by atoms with Gasteiger partial charge in [0.25, 0.3) is 0 Å². The summed E-state index contributed by atoms with van der Waals surface area (Å²) in [4.78, 5) is 8.34. The minimum absolute atomic E-state index is 0.659. The van der Waals surface area contributed by atoms with Gasteiger partial charge in [0.15, 0.2) is 0 Å². The van der Waals surface area contributed by atoms with E-state index in [0.29, 0.717) is 6.04 Å². The van der Waals surface area contributed by atoms with Gasteiger partial charge in [0.2, 0.25) is 5.89 Å². The Balaban J connectivity index is 1.37. The van der Waals surface area contributed by atoms with Crippen LogP contribution in [0.15, 0.2) is 58.5 Å². The lowest BCUT2D eigenvalue weighted by atomic mass is 10.0. The summed E-state index contributed by atoms with van der Waals surface area (Å²) in [6, 6.07) is 15.5. The monoisotopic (exact) mass is 338 g/mol. The first-order valence-corrected chi connectivity index (χ1v) is 9.53. The molecule has 1 atom stereocenters. The molecule has 3 nitrogen and oxygen atoms in total. The molecule has 0 aliphatic carbocycles. The smallest absolute Gasteiger partial charge is 0.236 e. The molecule has 0 radical (unpaired) electrons. The van der Waals surface area contributed by atoms with Crippen LogP contribution in [-0.2, 0) is 13.0 Å². The quantitative estimate of drug-likeness (QED) is 0.633. The van der Waals surface area contributed by atoms with Crippen molar-refractivity contribution >= 4 is 11.3 Å². The molecule has 0 unspecified atom stereocenters. The summed E-state index contributed by atoms with van der Waals surface area (Å²) < 4.78 is 5.66.